The summed E-state index contributed by atoms with van der Waals surface area (Å²) in [7, 11) is -2.97. The van der Waals surface area contributed by atoms with Gasteiger partial charge in [-0.1, -0.05) is 6.07 Å². The molecular formula is C13H19NO3S. The maximum absolute atomic E-state index is 11.0. The molecule has 1 aliphatic rings. The van der Waals surface area contributed by atoms with E-state index in [0.29, 0.717) is 5.75 Å². The molecular weight excluding hydrogens is 250 g/mol. The molecule has 0 aliphatic heterocycles. The average Bonchev–Trinajstić information content (AvgIpc) is 2.28. The highest BCUT2D eigenvalue weighted by molar-refractivity contribution is 7.90. The topological polar surface area (TPSA) is 69.4 Å². The predicted octanol–water partition coefficient (Wildman–Crippen LogP) is 1.45. The third-order valence-corrected chi connectivity index (χ3v) is 4.11. The molecule has 0 fully saturated rings. The van der Waals surface area contributed by atoms with E-state index in [2.05, 4.69) is 0 Å². The van der Waals surface area contributed by atoms with E-state index in [9.17, 15) is 8.42 Å². The molecule has 0 amide bonds. The molecule has 1 aromatic rings. The fourth-order valence-electron chi connectivity index (χ4n) is 2.21. The van der Waals surface area contributed by atoms with Crippen LogP contribution in [0.15, 0.2) is 18.2 Å². The molecule has 0 radical (unpaired) electrons. The summed E-state index contributed by atoms with van der Waals surface area (Å²) in [6, 6.07) is 5.94. The Morgan fingerprint density at radius 1 is 1.44 bits per heavy atom. The van der Waals surface area contributed by atoms with Crippen molar-refractivity contribution >= 4 is 9.84 Å². The zero-order valence-electron chi connectivity index (χ0n) is 10.6. The van der Waals surface area contributed by atoms with Gasteiger partial charge in [0.15, 0.2) is 9.84 Å². The molecule has 0 saturated carbocycles. The Morgan fingerprint density at radius 3 is 2.94 bits per heavy atom. The molecule has 4 nitrogen and oxygen atoms in total. The minimum absolute atomic E-state index is 0.0378. The summed E-state index contributed by atoms with van der Waals surface area (Å²) in [5.74, 6) is 0.741. The Labute approximate surface area is 108 Å². The second kappa shape index (κ2) is 5.28. The van der Waals surface area contributed by atoms with Crippen LogP contribution in [0.25, 0.3) is 0 Å². The van der Waals surface area contributed by atoms with Crippen LogP contribution in [0.3, 0.4) is 0 Å². The van der Waals surface area contributed by atoms with Crippen molar-refractivity contribution in [2.45, 2.75) is 25.3 Å². The van der Waals surface area contributed by atoms with Crippen LogP contribution in [-0.2, 0) is 16.3 Å². The van der Waals surface area contributed by atoms with Gasteiger partial charge in [-0.15, -0.1) is 0 Å². The lowest BCUT2D eigenvalue weighted by Gasteiger charge is -2.22. The highest BCUT2D eigenvalue weighted by Crippen LogP contribution is 2.30. The normalized spacial score (nSPS) is 19.3. The SMILES string of the molecule is CS(=O)(=O)CCOc1ccc2c(c1)C(N)CCC2. The van der Waals surface area contributed by atoms with Gasteiger partial charge in [-0.05, 0) is 42.5 Å². The fraction of sp³-hybridized carbons (Fsp3) is 0.538. The highest BCUT2D eigenvalue weighted by atomic mass is 32.2. The average molecular weight is 269 g/mol. The number of rotatable bonds is 4. The lowest BCUT2D eigenvalue weighted by atomic mass is 9.88. The van der Waals surface area contributed by atoms with Crippen molar-refractivity contribution in [1.29, 1.82) is 0 Å². The largest absolute Gasteiger partial charge is 0.493 e. The molecule has 1 aliphatic carbocycles. The predicted molar refractivity (Wildman–Crippen MR) is 71.5 cm³/mol. The van der Waals surface area contributed by atoms with Crippen molar-refractivity contribution in [3.8, 4) is 5.75 Å². The Kier molecular flexibility index (Phi) is 3.92. The fourth-order valence-corrected chi connectivity index (χ4v) is 2.60. The van der Waals surface area contributed by atoms with Crippen LogP contribution < -0.4 is 10.5 Å². The van der Waals surface area contributed by atoms with Crippen molar-refractivity contribution < 1.29 is 13.2 Å². The first-order valence-corrected chi connectivity index (χ1v) is 8.21. The zero-order valence-corrected chi connectivity index (χ0v) is 11.4. The number of ether oxygens (including phenoxy) is 1. The molecule has 1 atom stereocenters. The summed E-state index contributed by atoms with van der Waals surface area (Å²) >= 11 is 0. The van der Waals surface area contributed by atoms with Crippen LogP contribution >= 0.6 is 0 Å². The minimum Gasteiger partial charge on any atom is -0.493 e. The Hall–Kier alpha value is -1.07. The maximum atomic E-state index is 11.0. The van der Waals surface area contributed by atoms with Gasteiger partial charge >= 0.3 is 0 Å². The number of benzene rings is 1. The molecule has 0 saturated heterocycles. The third-order valence-electron chi connectivity index (χ3n) is 3.20. The van der Waals surface area contributed by atoms with E-state index in [1.165, 1.54) is 11.8 Å². The van der Waals surface area contributed by atoms with Crippen molar-refractivity contribution in [3.05, 3.63) is 29.3 Å². The molecule has 1 unspecified atom stereocenters. The molecule has 5 heteroatoms. The first kappa shape index (κ1) is 13.4. The van der Waals surface area contributed by atoms with E-state index in [0.717, 1.165) is 24.8 Å². The zero-order chi connectivity index (χ0) is 13.2. The second-order valence-electron chi connectivity index (χ2n) is 4.84. The quantitative estimate of drug-likeness (QED) is 0.898. The van der Waals surface area contributed by atoms with E-state index in [1.807, 2.05) is 18.2 Å². The van der Waals surface area contributed by atoms with E-state index in [-0.39, 0.29) is 18.4 Å². The van der Waals surface area contributed by atoms with Gasteiger partial charge < -0.3 is 10.5 Å². The first-order valence-electron chi connectivity index (χ1n) is 6.14. The standard InChI is InChI=1S/C13H19NO3S/c1-18(15,16)8-7-17-11-6-5-10-3-2-4-13(14)12(10)9-11/h5-6,9,13H,2-4,7-8,14H2,1H3. The van der Waals surface area contributed by atoms with Gasteiger partial charge in [0.25, 0.3) is 0 Å². The molecule has 0 aromatic heterocycles. The number of aryl methyl sites for hydroxylation is 1. The van der Waals surface area contributed by atoms with E-state index in [1.54, 1.807) is 0 Å². The second-order valence-corrected chi connectivity index (χ2v) is 7.10. The number of hydrogen-bond acceptors (Lipinski definition) is 4. The van der Waals surface area contributed by atoms with Crippen LogP contribution in [0.1, 0.15) is 30.0 Å². The summed E-state index contributed by atoms with van der Waals surface area (Å²) in [5, 5.41) is 0. The van der Waals surface area contributed by atoms with Gasteiger partial charge in [0.05, 0.1) is 5.75 Å². The lowest BCUT2D eigenvalue weighted by Crippen LogP contribution is -2.18. The molecule has 100 valence electrons. The van der Waals surface area contributed by atoms with Gasteiger partial charge in [0.2, 0.25) is 0 Å². The van der Waals surface area contributed by atoms with Crippen LogP contribution in [0.5, 0.6) is 5.75 Å². The number of fused-ring (bicyclic) bond motifs is 1. The Bertz CT molecular complexity index is 525. The highest BCUT2D eigenvalue weighted by Gasteiger charge is 2.17. The van der Waals surface area contributed by atoms with E-state index < -0.39 is 9.84 Å². The number of sulfone groups is 1. The van der Waals surface area contributed by atoms with E-state index in [4.69, 9.17) is 10.5 Å². The number of hydrogen-bond donors (Lipinski definition) is 1. The maximum Gasteiger partial charge on any atom is 0.150 e. The Balaban J connectivity index is 2.04. The van der Waals surface area contributed by atoms with Gasteiger partial charge in [-0.3, -0.25) is 0 Å². The number of nitrogens with two attached hydrogens (primary N) is 1. The molecule has 2 rings (SSSR count). The van der Waals surface area contributed by atoms with Crippen LogP contribution in [0.4, 0.5) is 0 Å². The van der Waals surface area contributed by atoms with Crippen LogP contribution in [0, 0.1) is 0 Å². The molecule has 0 heterocycles. The summed E-state index contributed by atoms with van der Waals surface area (Å²) in [5.41, 5.74) is 8.48. The molecule has 1 aromatic carbocycles. The minimum atomic E-state index is -2.97. The summed E-state index contributed by atoms with van der Waals surface area (Å²) in [6.45, 7) is 0.187. The monoisotopic (exact) mass is 269 g/mol. The summed E-state index contributed by atoms with van der Waals surface area (Å²) in [4.78, 5) is 0. The lowest BCUT2D eigenvalue weighted by molar-refractivity contribution is 0.340. The van der Waals surface area contributed by atoms with Crippen LogP contribution in [-0.4, -0.2) is 27.0 Å². The third kappa shape index (κ3) is 3.46. The summed E-state index contributed by atoms with van der Waals surface area (Å²) in [6.07, 6.45) is 4.40. The van der Waals surface area contributed by atoms with Gasteiger partial charge in [0.1, 0.15) is 12.4 Å². The summed E-state index contributed by atoms with van der Waals surface area (Å²) < 4.78 is 27.5. The van der Waals surface area contributed by atoms with Crippen molar-refractivity contribution in [3.63, 3.8) is 0 Å². The van der Waals surface area contributed by atoms with Gasteiger partial charge in [-0.2, -0.15) is 0 Å². The Morgan fingerprint density at radius 2 is 2.22 bits per heavy atom. The van der Waals surface area contributed by atoms with E-state index >= 15 is 0 Å². The van der Waals surface area contributed by atoms with Crippen molar-refractivity contribution in [2.75, 3.05) is 18.6 Å². The van der Waals surface area contributed by atoms with Crippen molar-refractivity contribution in [1.82, 2.24) is 0 Å². The molecule has 0 bridgehead atoms. The first-order chi connectivity index (χ1) is 8.46. The molecule has 0 spiro atoms. The van der Waals surface area contributed by atoms with Gasteiger partial charge in [-0.25, -0.2) is 8.42 Å². The van der Waals surface area contributed by atoms with Gasteiger partial charge in [0, 0.05) is 12.3 Å². The molecule has 2 N–H and O–H groups in total. The smallest absolute Gasteiger partial charge is 0.150 e. The molecule has 18 heavy (non-hydrogen) atoms. The van der Waals surface area contributed by atoms with Crippen LogP contribution in [0.2, 0.25) is 0 Å². The van der Waals surface area contributed by atoms with Crippen molar-refractivity contribution in [2.24, 2.45) is 5.73 Å².